The summed E-state index contributed by atoms with van der Waals surface area (Å²) in [5.74, 6) is -1.82. The number of hydrogen-bond acceptors (Lipinski definition) is 8. The van der Waals surface area contributed by atoms with Crippen LogP contribution in [0.25, 0.3) is 0 Å². The van der Waals surface area contributed by atoms with E-state index in [2.05, 4.69) is 5.32 Å². The van der Waals surface area contributed by atoms with E-state index >= 15 is 0 Å². The maximum atomic E-state index is 13.5. The van der Waals surface area contributed by atoms with E-state index in [1.807, 2.05) is 0 Å². The number of primary amides is 1. The Morgan fingerprint density at radius 2 is 1.44 bits per heavy atom. The topological polar surface area (TPSA) is 167 Å². The van der Waals surface area contributed by atoms with Gasteiger partial charge < -0.3 is 40.8 Å². The van der Waals surface area contributed by atoms with Crippen LogP contribution >= 0.6 is 0 Å². The van der Waals surface area contributed by atoms with Gasteiger partial charge >= 0.3 is 0 Å². The largest absolute Gasteiger partial charge is 0.377 e. The molecule has 3 rings (SSSR count). The highest BCUT2D eigenvalue weighted by molar-refractivity contribution is 5.95. The molecule has 4 amide bonds. The molecule has 0 radical (unpaired) electrons. The van der Waals surface area contributed by atoms with Gasteiger partial charge in [-0.05, 0) is 39.5 Å². The lowest BCUT2D eigenvalue weighted by Crippen LogP contribution is -2.59. The molecule has 5 unspecified atom stereocenters. The number of carbonyl (C=O) groups is 4. The quantitative estimate of drug-likeness (QED) is 0.389. The minimum atomic E-state index is -1.06. The van der Waals surface area contributed by atoms with E-state index in [0.717, 1.165) is 0 Å². The van der Waals surface area contributed by atoms with Gasteiger partial charge in [-0.25, -0.2) is 0 Å². The average molecular weight is 484 g/mol. The Bertz CT molecular complexity index is 766. The van der Waals surface area contributed by atoms with Crippen LogP contribution in [0.4, 0.5) is 0 Å². The number of nitrogens with one attached hydrogen (secondary N) is 1. The Kier molecular flexibility index (Phi) is 9.23. The molecule has 34 heavy (non-hydrogen) atoms. The van der Waals surface area contributed by atoms with Crippen LogP contribution in [0.3, 0.4) is 0 Å². The molecule has 5 N–H and O–H groups in total. The van der Waals surface area contributed by atoms with Gasteiger partial charge in [-0.2, -0.15) is 0 Å². The zero-order valence-electron chi connectivity index (χ0n) is 19.9. The highest BCUT2D eigenvalue weighted by Crippen LogP contribution is 2.26. The third-order valence-electron chi connectivity index (χ3n) is 6.74. The molecule has 0 aliphatic carbocycles. The lowest BCUT2D eigenvalue weighted by molar-refractivity contribution is -0.148. The monoisotopic (exact) mass is 483 g/mol. The molecule has 0 bridgehead atoms. The van der Waals surface area contributed by atoms with Crippen molar-refractivity contribution >= 4 is 23.6 Å². The second kappa shape index (κ2) is 11.9. The van der Waals surface area contributed by atoms with Crippen LogP contribution in [-0.4, -0.2) is 109 Å². The van der Waals surface area contributed by atoms with Crippen LogP contribution in [0.1, 0.15) is 39.5 Å². The van der Waals surface area contributed by atoms with Crippen molar-refractivity contribution in [2.75, 3.05) is 39.5 Å². The lowest BCUT2D eigenvalue weighted by atomic mass is 10.1. The fraction of sp³-hybridized carbons (Fsp3) is 0.818. The minimum Gasteiger partial charge on any atom is -0.377 e. The van der Waals surface area contributed by atoms with Crippen molar-refractivity contribution in [2.45, 2.75) is 75.9 Å². The van der Waals surface area contributed by atoms with E-state index in [4.69, 9.17) is 25.7 Å². The Balaban J connectivity index is 1.81. The van der Waals surface area contributed by atoms with E-state index in [0.29, 0.717) is 38.8 Å². The number of hydrogen-bond donors (Lipinski definition) is 3. The lowest BCUT2D eigenvalue weighted by Gasteiger charge is -2.33. The van der Waals surface area contributed by atoms with E-state index in [1.54, 1.807) is 13.8 Å². The smallest absolute Gasteiger partial charge is 0.246 e. The van der Waals surface area contributed by atoms with Gasteiger partial charge in [0.25, 0.3) is 0 Å². The van der Waals surface area contributed by atoms with E-state index in [1.165, 1.54) is 9.80 Å². The summed E-state index contributed by atoms with van der Waals surface area (Å²) in [7, 11) is 0. The van der Waals surface area contributed by atoms with Crippen molar-refractivity contribution in [3.05, 3.63) is 0 Å². The van der Waals surface area contributed by atoms with Crippen molar-refractivity contribution in [2.24, 2.45) is 11.5 Å². The first-order chi connectivity index (χ1) is 16.2. The normalized spacial score (nSPS) is 35.1. The fourth-order valence-corrected chi connectivity index (χ4v) is 4.73. The molecule has 3 saturated heterocycles. The number of ether oxygens (including phenoxy) is 3. The molecule has 0 aromatic heterocycles. The first-order valence-electron chi connectivity index (χ1n) is 12.0. The maximum absolute atomic E-state index is 13.5. The number of amides is 4. The molecular formula is C22H37N5O7. The zero-order chi connectivity index (χ0) is 24.8. The highest BCUT2D eigenvalue weighted by Gasteiger charge is 2.44. The van der Waals surface area contributed by atoms with Crippen LogP contribution < -0.4 is 16.8 Å². The maximum Gasteiger partial charge on any atom is 0.246 e. The summed E-state index contributed by atoms with van der Waals surface area (Å²) in [4.78, 5) is 54.7. The number of nitrogens with zero attached hydrogens (tertiary/aromatic N) is 2. The first-order valence-corrected chi connectivity index (χ1v) is 12.0. The standard InChI is InChI=1S/C22H37N5O7/c1-13-17(23)22(31)27-8-4-6-16(27)21(30)26-7-3-5-15(26)20(29)25-18(19(24)28)14(2)34-12-10-32-9-11-33-13/h13-18H,3-12,23H2,1-2H3,(H2,24,28)(H,25,29)/t13?,14?,15-,16?,17?,18?/m1/s1. The molecule has 0 spiro atoms. The fourth-order valence-electron chi connectivity index (χ4n) is 4.73. The number of nitrogens with two attached hydrogens (primary N) is 2. The first kappa shape index (κ1) is 26.3. The SMILES string of the molecule is CC1OCCOCCOC(C)C(C(N)=O)NC(=O)[C@H]2CCCN2C(=O)C2CCCN2C(=O)C1N. The van der Waals surface area contributed by atoms with Crippen molar-refractivity contribution < 1.29 is 33.4 Å². The van der Waals surface area contributed by atoms with Gasteiger partial charge in [0.05, 0.1) is 38.6 Å². The van der Waals surface area contributed by atoms with Gasteiger partial charge in [0.1, 0.15) is 24.2 Å². The highest BCUT2D eigenvalue weighted by atomic mass is 16.5. The van der Waals surface area contributed by atoms with E-state index in [-0.39, 0.29) is 38.2 Å². The molecule has 3 heterocycles. The summed E-state index contributed by atoms with van der Waals surface area (Å²) >= 11 is 0. The van der Waals surface area contributed by atoms with Crippen LogP contribution in [0, 0.1) is 0 Å². The van der Waals surface area contributed by atoms with Gasteiger partial charge in [0.15, 0.2) is 0 Å². The Hall–Kier alpha value is -2.28. The summed E-state index contributed by atoms with van der Waals surface area (Å²) in [5.41, 5.74) is 11.7. The molecule has 3 aliphatic rings. The summed E-state index contributed by atoms with van der Waals surface area (Å²) < 4.78 is 16.8. The third kappa shape index (κ3) is 6.04. The predicted octanol–water partition coefficient (Wildman–Crippen LogP) is -1.89. The molecule has 0 aromatic carbocycles. The molecule has 12 heteroatoms. The zero-order valence-corrected chi connectivity index (χ0v) is 19.9. The van der Waals surface area contributed by atoms with Gasteiger partial charge in [0.2, 0.25) is 23.6 Å². The molecule has 6 atom stereocenters. The molecule has 0 aromatic rings. The van der Waals surface area contributed by atoms with Crippen LogP contribution in [0.2, 0.25) is 0 Å². The van der Waals surface area contributed by atoms with Gasteiger partial charge in [0, 0.05) is 13.1 Å². The summed E-state index contributed by atoms with van der Waals surface area (Å²) in [6, 6.07) is -3.41. The van der Waals surface area contributed by atoms with Gasteiger partial charge in [-0.3, -0.25) is 19.2 Å². The molecular weight excluding hydrogens is 446 g/mol. The van der Waals surface area contributed by atoms with Gasteiger partial charge in [-0.15, -0.1) is 0 Å². The number of carbonyl (C=O) groups excluding carboxylic acids is 4. The molecule has 3 aliphatic heterocycles. The van der Waals surface area contributed by atoms with Crippen molar-refractivity contribution in [1.82, 2.24) is 15.1 Å². The molecule has 3 fully saturated rings. The van der Waals surface area contributed by atoms with Crippen LogP contribution in [0.5, 0.6) is 0 Å². The predicted molar refractivity (Wildman–Crippen MR) is 120 cm³/mol. The summed E-state index contributed by atoms with van der Waals surface area (Å²) in [6.07, 6.45) is 1.01. The Labute approximate surface area is 199 Å². The van der Waals surface area contributed by atoms with Crippen LogP contribution in [0.15, 0.2) is 0 Å². The number of fused-ring (bicyclic) bond motifs is 2. The van der Waals surface area contributed by atoms with Crippen LogP contribution in [-0.2, 0) is 33.4 Å². The van der Waals surface area contributed by atoms with Gasteiger partial charge in [-0.1, -0.05) is 0 Å². The van der Waals surface area contributed by atoms with Crippen molar-refractivity contribution in [3.8, 4) is 0 Å². The summed E-state index contributed by atoms with van der Waals surface area (Å²) in [5, 5.41) is 2.66. The Morgan fingerprint density at radius 1 is 0.882 bits per heavy atom. The second-order valence-electron chi connectivity index (χ2n) is 9.06. The molecule has 192 valence electrons. The summed E-state index contributed by atoms with van der Waals surface area (Å²) in [6.45, 7) is 5.09. The average Bonchev–Trinajstić information content (AvgIpc) is 3.49. The third-order valence-corrected chi connectivity index (χ3v) is 6.74. The minimum absolute atomic E-state index is 0.180. The number of rotatable bonds is 1. The van der Waals surface area contributed by atoms with E-state index in [9.17, 15) is 19.2 Å². The van der Waals surface area contributed by atoms with Crippen molar-refractivity contribution in [1.29, 1.82) is 0 Å². The van der Waals surface area contributed by atoms with Crippen molar-refractivity contribution in [3.63, 3.8) is 0 Å². The van der Waals surface area contributed by atoms with E-state index < -0.39 is 48.2 Å². The molecule has 0 saturated carbocycles. The second-order valence-corrected chi connectivity index (χ2v) is 9.06. The Morgan fingerprint density at radius 3 is 2.06 bits per heavy atom. The molecule has 12 nitrogen and oxygen atoms in total.